The standard InChI is InChI=1S/C14H16N2O2/c1-7-6-8(2)12(15-11(7)5)16-13(17)9(3)10(4)14(16)18/h6H,1-5H3. The number of rotatable bonds is 1. The molecule has 0 saturated carbocycles. The van der Waals surface area contributed by atoms with E-state index in [2.05, 4.69) is 4.98 Å². The summed E-state index contributed by atoms with van der Waals surface area (Å²) in [5, 5.41) is 0. The highest BCUT2D eigenvalue weighted by Gasteiger charge is 2.36. The smallest absolute Gasteiger partial charge is 0.262 e. The quantitative estimate of drug-likeness (QED) is 0.712. The lowest BCUT2D eigenvalue weighted by Crippen LogP contribution is -2.33. The van der Waals surface area contributed by atoms with Crippen molar-refractivity contribution in [1.29, 1.82) is 0 Å². The van der Waals surface area contributed by atoms with Crippen LogP contribution in [0.5, 0.6) is 0 Å². The zero-order chi connectivity index (χ0) is 13.6. The molecular weight excluding hydrogens is 228 g/mol. The third-order valence-electron chi connectivity index (χ3n) is 3.45. The number of imide groups is 1. The number of aryl methyl sites for hydroxylation is 3. The molecule has 0 radical (unpaired) electrons. The average Bonchev–Trinajstić information content (AvgIpc) is 2.50. The topological polar surface area (TPSA) is 50.3 Å². The van der Waals surface area contributed by atoms with Crippen LogP contribution >= 0.6 is 0 Å². The SMILES string of the molecule is CC1=C(C)C(=O)N(c2nc(C)c(C)cc2C)C1=O. The van der Waals surface area contributed by atoms with Crippen LogP contribution < -0.4 is 4.90 Å². The molecule has 0 bridgehead atoms. The van der Waals surface area contributed by atoms with Crippen molar-refractivity contribution in [1.82, 2.24) is 4.98 Å². The van der Waals surface area contributed by atoms with E-state index in [1.807, 2.05) is 26.8 Å². The maximum absolute atomic E-state index is 12.1. The van der Waals surface area contributed by atoms with Crippen LogP contribution in [-0.2, 0) is 9.59 Å². The molecule has 2 amide bonds. The number of aromatic nitrogens is 1. The number of carbonyl (C=O) groups is 2. The zero-order valence-electron chi connectivity index (χ0n) is 11.3. The van der Waals surface area contributed by atoms with Gasteiger partial charge in [-0.05, 0) is 45.7 Å². The molecule has 0 atom stereocenters. The van der Waals surface area contributed by atoms with Gasteiger partial charge in [0.2, 0.25) is 0 Å². The first kappa shape index (κ1) is 12.5. The summed E-state index contributed by atoms with van der Waals surface area (Å²) >= 11 is 0. The molecule has 0 fully saturated rings. The number of anilines is 1. The highest BCUT2D eigenvalue weighted by atomic mass is 16.2. The van der Waals surface area contributed by atoms with Gasteiger partial charge in [-0.15, -0.1) is 0 Å². The van der Waals surface area contributed by atoms with Crippen molar-refractivity contribution in [3.63, 3.8) is 0 Å². The second-order valence-electron chi connectivity index (χ2n) is 4.73. The molecule has 4 nitrogen and oxygen atoms in total. The molecule has 0 spiro atoms. The van der Waals surface area contributed by atoms with Crippen LogP contribution in [-0.4, -0.2) is 16.8 Å². The van der Waals surface area contributed by atoms with Crippen molar-refractivity contribution < 1.29 is 9.59 Å². The van der Waals surface area contributed by atoms with E-state index in [-0.39, 0.29) is 11.8 Å². The van der Waals surface area contributed by atoms with Gasteiger partial charge in [0.05, 0.1) is 0 Å². The summed E-state index contributed by atoms with van der Waals surface area (Å²) < 4.78 is 0. The second-order valence-corrected chi connectivity index (χ2v) is 4.73. The van der Waals surface area contributed by atoms with Gasteiger partial charge in [-0.2, -0.15) is 0 Å². The van der Waals surface area contributed by atoms with Crippen LogP contribution in [0.3, 0.4) is 0 Å². The molecule has 1 aromatic heterocycles. The molecular formula is C14H16N2O2. The van der Waals surface area contributed by atoms with E-state index in [4.69, 9.17) is 0 Å². The van der Waals surface area contributed by atoms with Gasteiger partial charge in [0.25, 0.3) is 11.8 Å². The number of pyridine rings is 1. The van der Waals surface area contributed by atoms with E-state index in [9.17, 15) is 9.59 Å². The monoisotopic (exact) mass is 244 g/mol. The fourth-order valence-electron chi connectivity index (χ4n) is 2.00. The first-order valence-corrected chi connectivity index (χ1v) is 5.85. The number of nitrogens with zero attached hydrogens (tertiary/aromatic N) is 2. The molecule has 0 N–H and O–H groups in total. The zero-order valence-corrected chi connectivity index (χ0v) is 11.3. The van der Waals surface area contributed by atoms with Crippen LogP contribution in [0.1, 0.15) is 30.7 Å². The fourth-order valence-corrected chi connectivity index (χ4v) is 2.00. The summed E-state index contributed by atoms with van der Waals surface area (Å²) in [6, 6.07) is 1.95. The van der Waals surface area contributed by atoms with Gasteiger partial charge in [-0.25, -0.2) is 9.88 Å². The minimum atomic E-state index is -0.267. The van der Waals surface area contributed by atoms with Crippen molar-refractivity contribution in [2.75, 3.05) is 4.90 Å². The van der Waals surface area contributed by atoms with Crippen molar-refractivity contribution in [2.45, 2.75) is 34.6 Å². The summed E-state index contributed by atoms with van der Waals surface area (Å²) in [6.07, 6.45) is 0. The lowest BCUT2D eigenvalue weighted by Gasteiger charge is -2.17. The molecule has 0 aromatic carbocycles. The van der Waals surface area contributed by atoms with Crippen LogP contribution in [0.25, 0.3) is 0 Å². The summed E-state index contributed by atoms with van der Waals surface area (Å²) in [5.74, 6) is -0.0861. The molecule has 0 unspecified atom stereocenters. The predicted octanol–water partition coefficient (Wildman–Crippen LogP) is 2.22. The highest BCUT2D eigenvalue weighted by molar-refractivity contribution is 6.32. The Morgan fingerprint density at radius 1 is 0.889 bits per heavy atom. The van der Waals surface area contributed by atoms with Crippen LogP contribution in [0, 0.1) is 20.8 Å². The molecule has 1 aliphatic rings. The molecule has 1 aromatic rings. The Balaban J connectivity index is 2.56. The molecule has 0 aliphatic carbocycles. The van der Waals surface area contributed by atoms with E-state index in [1.54, 1.807) is 13.8 Å². The summed E-state index contributed by atoms with van der Waals surface area (Å²) in [5.41, 5.74) is 3.72. The Morgan fingerprint density at radius 3 is 1.89 bits per heavy atom. The lowest BCUT2D eigenvalue weighted by atomic mass is 10.1. The van der Waals surface area contributed by atoms with Gasteiger partial charge in [-0.1, -0.05) is 6.07 Å². The number of hydrogen-bond acceptors (Lipinski definition) is 3. The summed E-state index contributed by atoms with van der Waals surface area (Å²) in [6.45, 7) is 9.04. The molecule has 1 aliphatic heterocycles. The van der Waals surface area contributed by atoms with Gasteiger partial charge >= 0.3 is 0 Å². The van der Waals surface area contributed by atoms with Crippen molar-refractivity contribution in [3.05, 3.63) is 34.0 Å². The molecule has 18 heavy (non-hydrogen) atoms. The van der Waals surface area contributed by atoms with Crippen molar-refractivity contribution >= 4 is 17.6 Å². The Labute approximate surface area is 106 Å². The Kier molecular flexibility index (Phi) is 2.81. The van der Waals surface area contributed by atoms with Gasteiger partial charge < -0.3 is 0 Å². The van der Waals surface area contributed by atoms with E-state index >= 15 is 0 Å². The Hall–Kier alpha value is -1.97. The number of amides is 2. The molecule has 0 saturated heterocycles. The second kappa shape index (κ2) is 4.05. The van der Waals surface area contributed by atoms with Gasteiger partial charge in [0.15, 0.2) is 0 Å². The normalized spacial score (nSPS) is 15.9. The molecule has 2 rings (SSSR count). The average molecular weight is 244 g/mol. The van der Waals surface area contributed by atoms with Crippen molar-refractivity contribution in [3.8, 4) is 0 Å². The van der Waals surface area contributed by atoms with E-state index in [1.165, 1.54) is 4.90 Å². The Morgan fingerprint density at radius 2 is 1.39 bits per heavy atom. The first-order valence-electron chi connectivity index (χ1n) is 5.85. The van der Waals surface area contributed by atoms with Gasteiger partial charge in [-0.3, -0.25) is 9.59 Å². The summed E-state index contributed by atoms with van der Waals surface area (Å²) in [4.78, 5) is 29.7. The fraction of sp³-hybridized carbons (Fsp3) is 0.357. The number of hydrogen-bond donors (Lipinski definition) is 0. The number of carbonyl (C=O) groups excluding carboxylic acids is 2. The molecule has 4 heteroatoms. The van der Waals surface area contributed by atoms with Crippen LogP contribution in [0.15, 0.2) is 17.2 Å². The lowest BCUT2D eigenvalue weighted by molar-refractivity contribution is -0.120. The van der Waals surface area contributed by atoms with E-state index in [0.717, 1.165) is 16.8 Å². The maximum atomic E-state index is 12.1. The maximum Gasteiger partial charge on any atom is 0.262 e. The minimum absolute atomic E-state index is 0.267. The van der Waals surface area contributed by atoms with Gasteiger partial charge in [0.1, 0.15) is 5.82 Å². The third-order valence-corrected chi connectivity index (χ3v) is 3.45. The van der Waals surface area contributed by atoms with Gasteiger partial charge in [0, 0.05) is 16.8 Å². The van der Waals surface area contributed by atoms with Crippen LogP contribution in [0.4, 0.5) is 5.82 Å². The third kappa shape index (κ3) is 1.65. The van der Waals surface area contributed by atoms with E-state index < -0.39 is 0 Å². The Bertz CT molecular complexity index is 576. The van der Waals surface area contributed by atoms with E-state index in [0.29, 0.717) is 17.0 Å². The minimum Gasteiger partial charge on any atom is -0.269 e. The first-order chi connectivity index (χ1) is 8.34. The molecule has 2 heterocycles. The highest BCUT2D eigenvalue weighted by Crippen LogP contribution is 2.28. The van der Waals surface area contributed by atoms with Crippen LogP contribution in [0.2, 0.25) is 0 Å². The summed E-state index contributed by atoms with van der Waals surface area (Å²) in [7, 11) is 0. The molecule has 94 valence electrons. The predicted molar refractivity (Wildman–Crippen MR) is 69.3 cm³/mol. The van der Waals surface area contributed by atoms with Crippen molar-refractivity contribution in [2.24, 2.45) is 0 Å². The largest absolute Gasteiger partial charge is 0.269 e.